The molecule has 2 atom stereocenters. The van der Waals surface area contributed by atoms with Crippen molar-refractivity contribution >= 4 is 24.0 Å². The minimum absolute atomic E-state index is 0.0726. The summed E-state index contributed by atoms with van der Waals surface area (Å²) >= 11 is 0. The quantitative estimate of drug-likeness (QED) is 0.176. The van der Waals surface area contributed by atoms with Crippen LogP contribution in [0.4, 0.5) is 0 Å². The molecule has 3 rings (SSSR count). The number of benzene rings is 2. The highest BCUT2D eigenvalue weighted by atomic mass is 16.7. The van der Waals surface area contributed by atoms with Crippen LogP contribution in [0.5, 0.6) is 5.75 Å². The molecule has 0 bridgehead atoms. The number of unbranched alkanes of at least 4 members (excludes halogenated alkanes) is 1. The second-order valence-corrected chi connectivity index (χ2v) is 12.3. The molecule has 0 saturated carbocycles. The first-order chi connectivity index (χ1) is 20.6. The number of hydrogen-bond acceptors (Lipinski definition) is 6. The Morgan fingerprint density at radius 3 is 2.26 bits per heavy atom. The normalized spacial score (nSPS) is 15.3. The largest absolute Gasteiger partial charge is 0.497 e. The molecule has 9 heteroatoms. The molecule has 1 fully saturated rings. The summed E-state index contributed by atoms with van der Waals surface area (Å²) in [5, 5.41) is 4.20. The zero-order chi connectivity index (χ0) is 31.4. The number of ether oxygens (including phenoxy) is 1. The lowest BCUT2D eigenvalue weighted by Crippen LogP contribution is -2.57. The van der Waals surface area contributed by atoms with Gasteiger partial charge in [-0.05, 0) is 54.5 Å². The molecule has 234 valence electrons. The number of piperidine rings is 1. The summed E-state index contributed by atoms with van der Waals surface area (Å²) in [7, 11) is 1.59. The Morgan fingerprint density at radius 1 is 1.05 bits per heavy atom. The predicted octanol–water partition coefficient (Wildman–Crippen LogP) is 5.04. The maximum atomic E-state index is 13.8. The maximum absolute atomic E-state index is 13.8. The summed E-state index contributed by atoms with van der Waals surface area (Å²) in [6.07, 6.45) is 3.97. The van der Waals surface area contributed by atoms with Crippen molar-refractivity contribution in [1.29, 1.82) is 0 Å². The number of hydroxylamine groups is 2. The van der Waals surface area contributed by atoms with Crippen LogP contribution in [0.2, 0.25) is 0 Å². The number of Topliss-reactive ketones (excluding diaryl/α,β-unsaturated/α-hetero) is 1. The maximum Gasteiger partial charge on any atom is 0.245 e. The Balaban J connectivity index is 1.63. The fourth-order valence-electron chi connectivity index (χ4n) is 5.28. The number of carbonyl (C=O) groups excluding carboxylic acids is 4. The van der Waals surface area contributed by atoms with E-state index in [9.17, 15) is 19.2 Å². The van der Waals surface area contributed by atoms with Gasteiger partial charge < -0.3 is 15.0 Å². The number of rotatable bonds is 15. The highest BCUT2D eigenvalue weighted by Gasteiger charge is 2.39. The van der Waals surface area contributed by atoms with E-state index in [1.807, 2.05) is 58.0 Å². The lowest BCUT2D eigenvalue weighted by molar-refractivity contribution is -0.182. The molecule has 2 aromatic rings. The number of ketones is 1. The Kier molecular flexibility index (Phi) is 12.7. The summed E-state index contributed by atoms with van der Waals surface area (Å²) in [6.45, 7) is 9.02. The Morgan fingerprint density at radius 2 is 1.70 bits per heavy atom. The van der Waals surface area contributed by atoms with Crippen LogP contribution in [0.3, 0.4) is 0 Å². The van der Waals surface area contributed by atoms with Gasteiger partial charge in [-0.2, -0.15) is 0 Å². The second-order valence-electron chi connectivity index (χ2n) is 12.3. The van der Waals surface area contributed by atoms with Crippen molar-refractivity contribution in [3.63, 3.8) is 0 Å². The van der Waals surface area contributed by atoms with E-state index in [2.05, 4.69) is 5.32 Å². The minimum Gasteiger partial charge on any atom is -0.497 e. The number of methoxy groups -OCH3 is 1. The SMILES string of the molecule is CCCCC(CN(C=O)OCc1ccccc1)C(=O)NC(C(=O)N1CCC(C(=O)c2ccc(OC)cc2)CC1)C(C)(C)C. The molecule has 3 amide bonds. The highest BCUT2D eigenvalue weighted by molar-refractivity contribution is 5.98. The topological polar surface area (TPSA) is 105 Å². The predicted molar refractivity (Wildman–Crippen MR) is 165 cm³/mol. The summed E-state index contributed by atoms with van der Waals surface area (Å²) in [5.41, 5.74) is 1.00. The first-order valence-electron chi connectivity index (χ1n) is 15.2. The van der Waals surface area contributed by atoms with Crippen LogP contribution in [0.1, 0.15) is 75.7 Å². The molecule has 0 aliphatic carbocycles. The van der Waals surface area contributed by atoms with E-state index in [0.29, 0.717) is 50.1 Å². The van der Waals surface area contributed by atoms with Gasteiger partial charge >= 0.3 is 0 Å². The summed E-state index contributed by atoms with van der Waals surface area (Å²) in [5.74, 6) is -0.360. The van der Waals surface area contributed by atoms with Crippen molar-refractivity contribution in [2.45, 2.75) is 72.4 Å². The number of likely N-dealkylation sites (tertiary alicyclic amines) is 1. The first-order valence-corrected chi connectivity index (χ1v) is 15.2. The van der Waals surface area contributed by atoms with E-state index in [1.165, 1.54) is 5.06 Å². The molecule has 2 unspecified atom stereocenters. The minimum atomic E-state index is -0.757. The smallest absolute Gasteiger partial charge is 0.245 e. The van der Waals surface area contributed by atoms with Gasteiger partial charge in [-0.15, -0.1) is 0 Å². The molecule has 1 saturated heterocycles. The van der Waals surface area contributed by atoms with Gasteiger partial charge in [-0.1, -0.05) is 70.9 Å². The zero-order valence-electron chi connectivity index (χ0n) is 26.2. The van der Waals surface area contributed by atoms with Crippen molar-refractivity contribution < 1.29 is 28.8 Å². The average Bonchev–Trinajstić information content (AvgIpc) is 3.02. The highest BCUT2D eigenvalue weighted by Crippen LogP contribution is 2.27. The van der Waals surface area contributed by atoms with Crippen molar-refractivity contribution in [3.8, 4) is 5.75 Å². The average molecular weight is 594 g/mol. The van der Waals surface area contributed by atoms with Gasteiger partial charge in [0.05, 0.1) is 19.6 Å². The summed E-state index contributed by atoms with van der Waals surface area (Å²) in [6, 6.07) is 15.9. The van der Waals surface area contributed by atoms with Gasteiger partial charge in [0.25, 0.3) is 0 Å². The standard InChI is InChI=1S/C34H47N3O6/c1-6-7-13-28(22-37(24-38)43-23-25-11-9-8-10-12-25)32(40)35-31(34(2,3)4)33(41)36-20-18-27(19-21-36)30(39)26-14-16-29(42-5)17-15-26/h8-12,14-17,24,27-28,31H,6-7,13,18-23H2,1-5H3,(H,35,40). The Hall–Kier alpha value is -3.72. The molecule has 0 aromatic heterocycles. The van der Waals surface area contributed by atoms with E-state index in [-0.39, 0.29) is 36.7 Å². The van der Waals surface area contributed by atoms with E-state index in [4.69, 9.17) is 9.57 Å². The van der Waals surface area contributed by atoms with Crippen LogP contribution in [-0.4, -0.2) is 66.8 Å². The molecular formula is C34H47N3O6. The molecule has 1 aliphatic heterocycles. The number of nitrogens with zero attached hydrogens (tertiary/aromatic N) is 2. The third-order valence-corrected chi connectivity index (χ3v) is 7.99. The first kappa shape index (κ1) is 33.8. The number of hydrogen-bond donors (Lipinski definition) is 1. The molecule has 1 heterocycles. The summed E-state index contributed by atoms with van der Waals surface area (Å²) in [4.78, 5) is 59.8. The van der Waals surface area contributed by atoms with Crippen LogP contribution >= 0.6 is 0 Å². The van der Waals surface area contributed by atoms with Crippen LogP contribution in [0, 0.1) is 17.3 Å². The molecule has 9 nitrogen and oxygen atoms in total. The fraction of sp³-hybridized carbons (Fsp3) is 0.529. The fourth-order valence-corrected chi connectivity index (χ4v) is 5.28. The van der Waals surface area contributed by atoms with E-state index < -0.39 is 17.4 Å². The van der Waals surface area contributed by atoms with Gasteiger partial charge in [0.15, 0.2) is 5.78 Å². The lowest BCUT2D eigenvalue weighted by Gasteiger charge is -2.38. The van der Waals surface area contributed by atoms with Crippen LogP contribution in [-0.2, 0) is 25.8 Å². The van der Waals surface area contributed by atoms with Crippen LogP contribution in [0.25, 0.3) is 0 Å². The van der Waals surface area contributed by atoms with Gasteiger partial charge in [0.2, 0.25) is 18.2 Å². The van der Waals surface area contributed by atoms with E-state index in [0.717, 1.165) is 18.4 Å². The van der Waals surface area contributed by atoms with Gasteiger partial charge in [0.1, 0.15) is 18.4 Å². The van der Waals surface area contributed by atoms with Crippen molar-refractivity contribution in [2.75, 3.05) is 26.7 Å². The third-order valence-electron chi connectivity index (χ3n) is 7.99. The number of nitrogens with one attached hydrogen (secondary N) is 1. The molecule has 1 N–H and O–H groups in total. The van der Waals surface area contributed by atoms with Crippen LogP contribution < -0.4 is 10.1 Å². The van der Waals surface area contributed by atoms with Crippen molar-refractivity contribution in [1.82, 2.24) is 15.3 Å². The van der Waals surface area contributed by atoms with Gasteiger partial charge in [0, 0.05) is 24.6 Å². The zero-order valence-corrected chi connectivity index (χ0v) is 26.2. The molecule has 2 aromatic carbocycles. The third kappa shape index (κ3) is 9.92. The molecule has 43 heavy (non-hydrogen) atoms. The number of carbonyl (C=O) groups is 4. The Labute approximate surface area is 255 Å². The summed E-state index contributed by atoms with van der Waals surface area (Å²) < 4.78 is 5.19. The molecule has 0 spiro atoms. The van der Waals surface area contributed by atoms with Gasteiger partial charge in [-0.25, -0.2) is 5.06 Å². The van der Waals surface area contributed by atoms with Gasteiger partial charge in [-0.3, -0.25) is 24.0 Å². The van der Waals surface area contributed by atoms with Crippen molar-refractivity contribution in [3.05, 3.63) is 65.7 Å². The molecule has 0 radical (unpaired) electrons. The lowest BCUT2D eigenvalue weighted by atomic mass is 9.83. The Bertz CT molecular complexity index is 1190. The van der Waals surface area contributed by atoms with E-state index in [1.54, 1.807) is 36.3 Å². The monoisotopic (exact) mass is 593 g/mol. The van der Waals surface area contributed by atoms with Crippen molar-refractivity contribution in [2.24, 2.45) is 17.3 Å². The van der Waals surface area contributed by atoms with E-state index >= 15 is 0 Å². The molecular weight excluding hydrogens is 546 g/mol. The van der Waals surface area contributed by atoms with Crippen LogP contribution in [0.15, 0.2) is 54.6 Å². The molecule has 1 aliphatic rings. The second kappa shape index (κ2) is 16.2. The number of amides is 3.